The molecular weight excluding hydrogens is 482 g/mol. The Balaban J connectivity index is 1.57. The van der Waals surface area contributed by atoms with E-state index in [2.05, 4.69) is 16.0 Å². The number of hydrogen-bond donors (Lipinski definition) is 3. The first-order chi connectivity index (χ1) is 18.1. The minimum atomic E-state index is -0.843. The van der Waals surface area contributed by atoms with Gasteiger partial charge in [-0.1, -0.05) is 72.8 Å². The monoisotopic (exact) mass is 519 g/mol. The van der Waals surface area contributed by atoms with Crippen molar-refractivity contribution < 1.29 is 23.9 Å². The molecular formula is C30H37N3O5. The van der Waals surface area contributed by atoms with Gasteiger partial charge in [0.25, 0.3) is 0 Å². The normalized spacial score (nSPS) is 12.7. The third-order valence-corrected chi connectivity index (χ3v) is 5.81. The fraction of sp³-hybridized carbons (Fsp3) is 0.367. The molecule has 3 rings (SSSR count). The maximum atomic E-state index is 13.3. The number of fused-ring (bicyclic) bond motifs is 1. The summed E-state index contributed by atoms with van der Waals surface area (Å²) >= 11 is 0. The smallest absolute Gasteiger partial charge is 0.408 e. The van der Waals surface area contributed by atoms with E-state index < -0.39 is 23.8 Å². The Morgan fingerprint density at radius 3 is 2.26 bits per heavy atom. The number of amides is 3. The van der Waals surface area contributed by atoms with Crippen LogP contribution in [0.3, 0.4) is 0 Å². The van der Waals surface area contributed by atoms with Gasteiger partial charge in [-0.3, -0.25) is 4.79 Å². The van der Waals surface area contributed by atoms with Crippen molar-refractivity contribution in [1.82, 2.24) is 16.0 Å². The van der Waals surface area contributed by atoms with Gasteiger partial charge in [-0.15, -0.1) is 0 Å². The molecule has 0 fully saturated rings. The number of benzene rings is 3. The van der Waals surface area contributed by atoms with E-state index >= 15 is 0 Å². The Morgan fingerprint density at radius 2 is 1.53 bits per heavy atom. The highest BCUT2D eigenvalue weighted by molar-refractivity contribution is 5.88. The molecule has 3 aromatic carbocycles. The van der Waals surface area contributed by atoms with E-state index in [1.165, 1.54) is 0 Å². The molecule has 3 N–H and O–H groups in total. The standard InChI is InChI=1S/C30H37N3O5/c1-21(24-17-10-15-23-14-8-9-16-25(23)24)32-27(34)26(33-29(36)38-30(2,3)4)18-11-19-31-28(35)37-20-22-12-6-5-7-13-22/h5-10,12-17,21,26H,11,18-20H2,1-4H3,(H,31,35)(H,32,34)(H,33,36). The zero-order valence-corrected chi connectivity index (χ0v) is 22.5. The molecule has 3 aromatic rings. The lowest BCUT2D eigenvalue weighted by molar-refractivity contribution is -0.124. The van der Waals surface area contributed by atoms with Crippen molar-refractivity contribution in [2.24, 2.45) is 0 Å². The molecule has 0 spiro atoms. The highest BCUT2D eigenvalue weighted by Crippen LogP contribution is 2.24. The largest absolute Gasteiger partial charge is 0.445 e. The van der Waals surface area contributed by atoms with Gasteiger partial charge in [0.1, 0.15) is 18.2 Å². The highest BCUT2D eigenvalue weighted by atomic mass is 16.6. The average molecular weight is 520 g/mol. The van der Waals surface area contributed by atoms with Gasteiger partial charge in [0.05, 0.1) is 6.04 Å². The lowest BCUT2D eigenvalue weighted by Gasteiger charge is -2.25. The van der Waals surface area contributed by atoms with E-state index in [0.29, 0.717) is 12.8 Å². The van der Waals surface area contributed by atoms with Gasteiger partial charge in [0.15, 0.2) is 0 Å². The number of rotatable bonds is 10. The maximum Gasteiger partial charge on any atom is 0.408 e. The van der Waals surface area contributed by atoms with Crippen LogP contribution in [0.1, 0.15) is 57.7 Å². The van der Waals surface area contributed by atoms with Crippen LogP contribution in [0.4, 0.5) is 9.59 Å². The molecule has 8 nitrogen and oxygen atoms in total. The first kappa shape index (κ1) is 28.5. The van der Waals surface area contributed by atoms with E-state index in [9.17, 15) is 14.4 Å². The summed E-state index contributed by atoms with van der Waals surface area (Å²) in [6.45, 7) is 7.64. The van der Waals surface area contributed by atoms with E-state index in [1.54, 1.807) is 20.8 Å². The van der Waals surface area contributed by atoms with Gasteiger partial charge >= 0.3 is 12.2 Å². The number of carbonyl (C=O) groups is 3. The van der Waals surface area contributed by atoms with E-state index in [1.807, 2.05) is 79.7 Å². The van der Waals surface area contributed by atoms with Crippen LogP contribution in [0.15, 0.2) is 72.8 Å². The second-order valence-electron chi connectivity index (χ2n) is 10.1. The summed E-state index contributed by atoms with van der Waals surface area (Å²) in [5.74, 6) is -0.331. The lowest BCUT2D eigenvalue weighted by Crippen LogP contribution is -2.49. The molecule has 0 bridgehead atoms. The summed E-state index contributed by atoms with van der Waals surface area (Å²) in [4.78, 5) is 37.8. The molecule has 0 aliphatic heterocycles. The van der Waals surface area contributed by atoms with Gasteiger partial charge < -0.3 is 25.4 Å². The van der Waals surface area contributed by atoms with Crippen LogP contribution in [0, 0.1) is 0 Å². The van der Waals surface area contributed by atoms with Crippen LogP contribution in [-0.2, 0) is 20.9 Å². The minimum absolute atomic E-state index is 0.171. The fourth-order valence-electron chi connectivity index (χ4n) is 4.01. The molecule has 0 heterocycles. The summed E-state index contributed by atoms with van der Waals surface area (Å²) in [6, 6.07) is 22.2. The van der Waals surface area contributed by atoms with Gasteiger partial charge in [-0.05, 0) is 62.4 Å². The molecule has 3 amide bonds. The van der Waals surface area contributed by atoms with Gasteiger partial charge in [-0.25, -0.2) is 9.59 Å². The molecule has 0 aromatic heterocycles. The Bertz CT molecular complexity index is 1220. The Kier molecular flexibility index (Phi) is 10.1. The Hall–Kier alpha value is -4.07. The van der Waals surface area contributed by atoms with E-state index in [-0.39, 0.29) is 25.1 Å². The number of nitrogens with one attached hydrogen (secondary N) is 3. The topological polar surface area (TPSA) is 106 Å². The summed E-state index contributed by atoms with van der Waals surface area (Å²) in [5, 5.41) is 10.5. The van der Waals surface area contributed by atoms with Crippen molar-refractivity contribution in [1.29, 1.82) is 0 Å². The third kappa shape index (κ3) is 9.10. The van der Waals surface area contributed by atoms with Crippen molar-refractivity contribution in [3.05, 3.63) is 83.9 Å². The zero-order chi connectivity index (χ0) is 27.5. The van der Waals surface area contributed by atoms with Gasteiger partial charge in [0, 0.05) is 6.54 Å². The fourth-order valence-corrected chi connectivity index (χ4v) is 4.01. The van der Waals surface area contributed by atoms with E-state index in [4.69, 9.17) is 9.47 Å². The summed E-state index contributed by atoms with van der Waals surface area (Å²) < 4.78 is 10.6. The van der Waals surface area contributed by atoms with Crippen molar-refractivity contribution >= 4 is 28.9 Å². The molecule has 0 aliphatic rings. The maximum absolute atomic E-state index is 13.3. The summed E-state index contributed by atoms with van der Waals surface area (Å²) in [5.41, 5.74) is 1.17. The van der Waals surface area contributed by atoms with Gasteiger partial charge in [-0.2, -0.15) is 0 Å². The van der Waals surface area contributed by atoms with Crippen molar-refractivity contribution in [3.63, 3.8) is 0 Å². The molecule has 0 radical (unpaired) electrons. The van der Waals surface area contributed by atoms with Crippen LogP contribution in [0.2, 0.25) is 0 Å². The SMILES string of the molecule is CC(NC(=O)C(CCCNC(=O)OCc1ccccc1)NC(=O)OC(C)(C)C)c1cccc2ccccc12. The quantitative estimate of drug-likeness (QED) is 0.302. The molecule has 202 valence electrons. The minimum Gasteiger partial charge on any atom is -0.445 e. The van der Waals surface area contributed by atoms with Crippen LogP contribution >= 0.6 is 0 Å². The third-order valence-electron chi connectivity index (χ3n) is 5.81. The number of hydrogen-bond acceptors (Lipinski definition) is 5. The molecule has 0 aliphatic carbocycles. The van der Waals surface area contributed by atoms with Crippen LogP contribution < -0.4 is 16.0 Å². The molecule has 2 unspecified atom stereocenters. The van der Waals surface area contributed by atoms with Crippen LogP contribution in [-0.4, -0.2) is 36.3 Å². The molecule has 0 saturated carbocycles. The van der Waals surface area contributed by atoms with Crippen LogP contribution in [0.25, 0.3) is 10.8 Å². The predicted molar refractivity (Wildman–Crippen MR) is 148 cm³/mol. The zero-order valence-electron chi connectivity index (χ0n) is 22.5. The molecule has 38 heavy (non-hydrogen) atoms. The van der Waals surface area contributed by atoms with Crippen molar-refractivity contribution in [2.45, 2.75) is 64.8 Å². The first-order valence-electron chi connectivity index (χ1n) is 12.8. The van der Waals surface area contributed by atoms with E-state index in [0.717, 1.165) is 21.9 Å². The summed E-state index contributed by atoms with van der Waals surface area (Å²) in [6.07, 6.45) is -0.478. The van der Waals surface area contributed by atoms with Crippen LogP contribution in [0.5, 0.6) is 0 Å². The number of ether oxygens (including phenoxy) is 2. The molecule has 2 atom stereocenters. The van der Waals surface area contributed by atoms with Crippen molar-refractivity contribution in [2.75, 3.05) is 6.54 Å². The number of carbonyl (C=O) groups excluding carboxylic acids is 3. The van der Waals surface area contributed by atoms with Crippen molar-refractivity contribution in [3.8, 4) is 0 Å². The molecule has 8 heteroatoms. The second kappa shape index (κ2) is 13.5. The first-order valence-corrected chi connectivity index (χ1v) is 12.8. The summed E-state index contributed by atoms with van der Waals surface area (Å²) in [7, 11) is 0. The predicted octanol–water partition coefficient (Wildman–Crippen LogP) is 5.62. The van der Waals surface area contributed by atoms with Gasteiger partial charge in [0.2, 0.25) is 5.91 Å². The lowest BCUT2D eigenvalue weighted by atomic mass is 9.99. The Morgan fingerprint density at radius 1 is 0.842 bits per heavy atom. The average Bonchev–Trinajstić information content (AvgIpc) is 2.88. The second-order valence-corrected chi connectivity index (χ2v) is 10.1. The number of alkyl carbamates (subject to hydrolysis) is 2. The molecule has 0 saturated heterocycles. The highest BCUT2D eigenvalue weighted by Gasteiger charge is 2.25. The Labute approximate surface area is 224 Å².